The minimum Gasteiger partial charge on any atom is -0.744 e. The van der Waals surface area contributed by atoms with Crippen molar-refractivity contribution in [3.8, 4) is 21.1 Å². The van der Waals surface area contributed by atoms with E-state index in [9.17, 15) is 22.2 Å². The van der Waals surface area contributed by atoms with Crippen LogP contribution in [0.2, 0.25) is 0 Å². The van der Waals surface area contributed by atoms with E-state index in [2.05, 4.69) is 15.6 Å². The molecule has 0 aliphatic rings. The fourth-order valence-electron chi connectivity index (χ4n) is 4.20. The monoisotopic (exact) mass is 589 g/mol. The number of thiazole rings is 2. The second-order valence-corrected chi connectivity index (χ2v) is 12.2. The molecule has 0 saturated heterocycles. The number of benzene rings is 4. The Balaban J connectivity index is 1.23. The van der Waals surface area contributed by atoms with Crippen molar-refractivity contribution in [3.63, 3.8) is 0 Å². The molecular weight excluding hydrogens is 572 g/mol. The maximum atomic E-state index is 13.1. The molecule has 0 radical (unpaired) electrons. The summed E-state index contributed by atoms with van der Waals surface area (Å²) in [7, 11) is -4.64. The minimum atomic E-state index is -4.64. The Hall–Kier alpha value is -4.23. The third-order valence-corrected chi connectivity index (χ3v) is 9.45. The lowest BCUT2D eigenvalue weighted by atomic mass is 10.2. The normalized spacial score (nSPS) is 11.7. The number of rotatable bonds is 5. The van der Waals surface area contributed by atoms with Crippen molar-refractivity contribution in [1.82, 2.24) is 9.97 Å². The molecule has 0 fully saturated rings. The number of hydrogen-bond acceptors (Lipinski definition) is 8. The number of halogens is 1. The summed E-state index contributed by atoms with van der Waals surface area (Å²) in [4.78, 5) is 21.3. The smallest absolute Gasteiger partial charge is 0.323 e. The molecule has 0 saturated carbocycles. The van der Waals surface area contributed by atoms with Crippen LogP contribution < -0.4 is 10.6 Å². The van der Waals surface area contributed by atoms with Crippen molar-refractivity contribution in [3.05, 3.63) is 90.2 Å². The number of amides is 2. The second-order valence-electron chi connectivity index (χ2n) is 8.90. The molecule has 40 heavy (non-hydrogen) atoms. The van der Waals surface area contributed by atoms with E-state index in [0.717, 1.165) is 26.4 Å². The molecule has 200 valence electrons. The van der Waals surface area contributed by atoms with Crippen LogP contribution in [0, 0.1) is 12.7 Å². The molecule has 4 aromatic carbocycles. The molecule has 2 heterocycles. The number of aromatic nitrogens is 2. The minimum absolute atomic E-state index is 0.222. The maximum Gasteiger partial charge on any atom is 0.323 e. The summed E-state index contributed by atoms with van der Waals surface area (Å²) in [6.07, 6.45) is 0. The highest BCUT2D eigenvalue weighted by atomic mass is 32.2. The highest BCUT2D eigenvalue weighted by Gasteiger charge is 2.17. The molecule has 0 bridgehead atoms. The van der Waals surface area contributed by atoms with Gasteiger partial charge in [-0.15, -0.1) is 22.7 Å². The fraction of sp³-hybridized carbons (Fsp3) is 0.0357. The van der Waals surface area contributed by atoms with Crippen molar-refractivity contribution in [1.29, 1.82) is 0 Å². The van der Waals surface area contributed by atoms with E-state index in [4.69, 9.17) is 4.98 Å². The van der Waals surface area contributed by atoms with Crippen LogP contribution in [-0.4, -0.2) is 29.0 Å². The zero-order valence-electron chi connectivity index (χ0n) is 20.6. The van der Waals surface area contributed by atoms with E-state index >= 15 is 0 Å². The molecular formula is C28H18FN4O4S3-. The number of carbonyl (C=O) groups excluding carboxylic acids is 1. The predicted molar refractivity (Wildman–Crippen MR) is 155 cm³/mol. The number of nitrogens with zero attached hydrogens (tertiary/aromatic N) is 2. The van der Waals surface area contributed by atoms with Crippen LogP contribution in [0.3, 0.4) is 0 Å². The number of carbonyl (C=O) groups is 1. The molecule has 0 aliphatic carbocycles. The van der Waals surface area contributed by atoms with Crippen LogP contribution in [0.4, 0.5) is 20.6 Å². The van der Waals surface area contributed by atoms with Crippen LogP contribution in [0.1, 0.15) is 5.56 Å². The quantitative estimate of drug-likeness (QED) is 0.204. The van der Waals surface area contributed by atoms with Crippen LogP contribution in [0.5, 0.6) is 0 Å². The number of hydrogen-bond donors (Lipinski definition) is 2. The van der Waals surface area contributed by atoms with E-state index in [1.807, 2.05) is 30.3 Å². The van der Waals surface area contributed by atoms with Gasteiger partial charge >= 0.3 is 6.03 Å². The first-order valence-electron chi connectivity index (χ1n) is 11.8. The van der Waals surface area contributed by atoms with E-state index < -0.39 is 16.1 Å². The Morgan fingerprint density at radius 3 is 2.05 bits per heavy atom. The molecule has 0 atom stereocenters. The van der Waals surface area contributed by atoms with Crippen molar-refractivity contribution in [2.75, 3.05) is 10.6 Å². The lowest BCUT2D eigenvalue weighted by Gasteiger charge is -2.10. The molecule has 8 nitrogen and oxygen atoms in total. The lowest BCUT2D eigenvalue weighted by Crippen LogP contribution is -2.19. The Kier molecular flexibility index (Phi) is 6.55. The van der Waals surface area contributed by atoms with Gasteiger partial charge in [-0.1, -0.05) is 6.07 Å². The molecule has 12 heteroatoms. The molecule has 0 aliphatic heterocycles. The van der Waals surface area contributed by atoms with E-state index in [1.54, 1.807) is 31.2 Å². The zero-order chi connectivity index (χ0) is 28.0. The summed E-state index contributed by atoms with van der Waals surface area (Å²) in [5, 5.41) is 6.78. The summed E-state index contributed by atoms with van der Waals surface area (Å²) >= 11 is 2.66. The van der Waals surface area contributed by atoms with E-state index in [1.165, 1.54) is 46.9 Å². The van der Waals surface area contributed by atoms with Crippen LogP contribution in [0.25, 0.3) is 41.6 Å². The topological polar surface area (TPSA) is 124 Å². The van der Waals surface area contributed by atoms with Gasteiger partial charge in [-0.25, -0.2) is 27.6 Å². The van der Waals surface area contributed by atoms with Gasteiger partial charge in [0.15, 0.2) is 0 Å². The number of nitrogens with one attached hydrogen (secondary N) is 2. The lowest BCUT2D eigenvalue weighted by molar-refractivity contribution is 0.262. The van der Waals surface area contributed by atoms with Crippen LogP contribution in [0.15, 0.2) is 83.8 Å². The maximum absolute atomic E-state index is 13.1. The van der Waals surface area contributed by atoms with Crippen LogP contribution in [-0.2, 0) is 10.1 Å². The molecule has 0 unspecified atom stereocenters. The van der Waals surface area contributed by atoms with Gasteiger partial charge in [-0.05, 0) is 85.3 Å². The van der Waals surface area contributed by atoms with E-state index in [0.29, 0.717) is 32.2 Å². The average molecular weight is 590 g/mol. The Morgan fingerprint density at radius 1 is 0.800 bits per heavy atom. The summed E-state index contributed by atoms with van der Waals surface area (Å²) in [6, 6.07) is 21.3. The number of anilines is 2. The largest absolute Gasteiger partial charge is 0.744 e. The van der Waals surface area contributed by atoms with E-state index in [-0.39, 0.29) is 10.7 Å². The summed E-state index contributed by atoms with van der Waals surface area (Å²) in [6.45, 7) is 1.60. The van der Waals surface area contributed by atoms with Gasteiger partial charge in [0.1, 0.15) is 26.0 Å². The Morgan fingerprint density at radius 2 is 1.38 bits per heavy atom. The second kappa shape index (κ2) is 10.1. The fourth-order valence-corrected chi connectivity index (χ4v) is 7.49. The van der Waals surface area contributed by atoms with Gasteiger partial charge in [0.05, 0.1) is 25.3 Å². The van der Waals surface area contributed by atoms with Crippen LogP contribution >= 0.6 is 22.7 Å². The zero-order valence-corrected chi connectivity index (χ0v) is 23.1. The first-order chi connectivity index (χ1) is 19.1. The van der Waals surface area contributed by atoms with Gasteiger partial charge < -0.3 is 15.2 Å². The molecule has 2 aromatic heterocycles. The SMILES string of the molecule is Cc1ccc2nc(-c3ccc4nc(-c5ccc(NC(=O)Nc6ccc(F)cc6)cc5)sc4c3)sc2c1S(=O)(=O)[O-]. The van der Waals surface area contributed by atoms with Crippen molar-refractivity contribution < 1.29 is 22.2 Å². The third kappa shape index (κ3) is 5.17. The molecule has 6 aromatic rings. The first-order valence-corrected chi connectivity index (χ1v) is 14.9. The predicted octanol–water partition coefficient (Wildman–Crippen LogP) is 7.24. The van der Waals surface area contributed by atoms with Gasteiger partial charge in [0.2, 0.25) is 0 Å². The Labute approximate surface area is 235 Å². The number of urea groups is 1. The molecule has 2 amide bonds. The summed E-state index contributed by atoms with van der Waals surface area (Å²) in [5.41, 5.74) is 4.37. The molecule has 6 rings (SSSR count). The first kappa shape index (κ1) is 26.0. The van der Waals surface area contributed by atoms with Crippen molar-refractivity contribution in [2.45, 2.75) is 11.8 Å². The van der Waals surface area contributed by atoms with Gasteiger partial charge in [-0.2, -0.15) is 0 Å². The van der Waals surface area contributed by atoms with Gasteiger partial charge in [0, 0.05) is 22.5 Å². The average Bonchev–Trinajstić information content (AvgIpc) is 3.53. The van der Waals surface area contributed by atoms with Gasteiger partial charge in [0.25, 0.3) is 0 Å². The summed E-state index contributed by atoms with van der Waals surface area (Å²) < 4.78 is 49.9. The number of fused-ring (bicyclic) bond motifs is 2. The molecule has 0 spiro atoms. The molecule has 2 N–H and O–H groups in total. The highest BCUT2D eigenvalue weighted by molar-refractivity contribution is 7.86. The summed E-state index contributed by atoms with van der Waals surface area (Å²) in [5.74, 6) is -0.383. The van der Waals surface area contributed by atoms with Gasteiger partial charge in [-0.3, -0.25) is 0 Å². The number of aryl methyl sites for hydroxylation is 1. The van der Waals surface area contributed by atoms with Crippen molar-refractivity contribution >= 4 is 70.6 Å². The highest BCUT2D eigenvalue weighted by Crippen LogP contribution is 2.38. The Bertz CT molecular complexity index is 2020. The standard InChI is InChI=1S/C28H19FN4O4S3/c1-15-2-12-22-24(25(15)40(35,36)37)39-27(33-22)17-5-13-21-23(14-17)38-26(32-21)16-3-8-19(9-4-16)30-28(34)31-20-10-6-18(29)7-11-20/h2-14H,1H3,(H2,30,31,34)(H,35,36,37)/p-1. The third-order valence-electron chi connectivity index (χ3n) is 6.09. The van der Waals surface area contributed by atoms with Crippen molar-refractivity contribution in [2.24, 2.45) is 0 Å².